The molecule has 0 bridgehead atoms. The van der Waals surface area contributed by atoms with Crippen LogP contribution >= 0.6 is 19.6 Å². The maximum Gasteiger partial charge on any atom is 0.472 e. The number of aliphatic hydroxyl groups is 1. The number of quaternary nitrogens is 1. The van der Waals surface area contributed by atoms with Crippen LogP contribution in [-0.2, 0) is 32.7 Å². The highest BCUT2D eigenvalue weighted by atomic mass is 32.2. The van der Waals surface area contributed by atoms with Gasteiger partial charge in [-0.1, -0.05) is 146 Å². The first kappa shape index (κ1) is 58.8. The molecule has 0 aromatic carbocycles. The molecule has 0 aliphatic carbocycles. The molecule has 0 heterocycles. The van der Waals surface area contributed by atoms with Gasteiger partial charge in [-0.3, -0.25) is 18.6 Å². The molecule has 5 atom stereocenters. The Bertz CT molecular complexity index is 1290. The van der Waals surface area contributed by atoms with Gasteiger partial charge in [-0.15, -0.1) is 11.8 Å². The van der Waals surface area contributed by atoms with Crippen LogP contribution in [0, 0.1) is 0 Å². The third-order valence-electron chi connectivity index (χ3n) is 9.65. The summed E-state index contributed by atoms with van der Waals surface area (Å²) in [5.74, 6) is -1.62. The zero-order chi connectivity index (χ0) is 45.5. The van der Waals surface area contributed by atoms with Gasteiger partial charge in [-0.25, -0.2) is 4.57 Å². The number of carbonyl (C=O) groups is 2. The zero-order valence-corrected chi connectivity index (χ0v) is 40.3. The standard InChI is InChI=1S/C47H85N2O10PS/c1-6-8-10-12-14-16-18-20-21-23-25-27-29-31-37-56-39-42(40-58-60(54,55)57-38-36-49(3,4)5)59-47(53)43(48)41-61-45(44(50)33-32-35-46(51)52)34-30-28-26-24-22-19-17-15-13-11-9-7-2/h15,17,22,24,26,28,30-31,34,37,42-45,50H,6-14,16,18-21,23,25,27,29,32-33,35-36,38-41,48H2,1-5H3,(H-,51,52,54,55)/p+1/b17-15-,24-22-,28-26+,34-30+,37-31+/t42-,43+,44+,45-/m1/s1. The molecule has 5 N–H and O–H groups in total. The number of unbranched alkanes of at least 4 members (excludes halogenated alkanes) is 15. The van der Waals surface area contributed by atoms with Crippen molar-refractivity contribution in [2.75, 3.05) is 53.3 Å². The molecule has 12 nitrogen and oxygen atoms in total. The second kappa shape index (κ2) is 39.4. The number of hydrogen-bond acceptors (Lipinski definition) is 10. The number of aliphatic hydroxyl groups excluding tert-OH is 1. The van der Waals surface area contributed by atoms with E-state index in [1.54, 1.807) is 18.4 Å². The van der Waals surface area contributed by atoms with E-state index in [2.05, 4.69) is 32.1 Å². The lowest BCUT2D eigenvalue weighted by Gasteiger charge is -2.25. The SMILES string of the molecule is CCCCC/C=C\C\C=C/C=C/C=C/[C@@H](SC[C@H](N)C(=O)O[C@H](CO/C=C/CCCCCCCCCCCCCC)COP(=O)(O)OCC[N+](C)(C)C)[C@@H](O)CCCC(=O)O. The van der Waals surface area contributed by atoms with Crippen LogP contribution in [0.2, 0.25) is 0 Å². The first-order chi connectivity index (χ1) is 29.2. The van der Waals surface area contributed by atoms with Crippen LogP contribution in [0.4, 0.5) is 0 Å². The molecule has 14 heteroatoms. The Labute approximate surface area is 374 Å². The highest BCUT2D eigenvalue weighted by Gasteiger charge is 2.28. The molecule has 354 valence electrons. The van der Waals surface area contributed by atoms with E-state index in [-0.39, 0.29) is 31.8 Å². The lowest BCUT2D eigenvalue weighted by Crippen LogP contribution is -2.40. The van der Waals surface area contributed by atoms with Gasteiger partial charge in [0.25, 0.3) is 0 Å². The molecule has 0 saturated carbocycles. The smallest absolute Gasteiger partial charge is 0.472 e. The average Bonchev–Trinajstić information content (AvgIpc) is 3.20. The van der Waals surface area contributed by atoms with E-state index in [9.17, 15) is 24.2 Å². The van der Waals surface area contributed by atoms with Crippen LogP contribution in [-0.4, -0.2) is 108 Å². The molecule has 0 aliphatic rings. The van der Waals surface area contributed by atoms with Gasteiger partial charge < -0.3 is 34.8 Å². The van der Waals surface area contributed by atoms with Crippen LogP contribution in [0.15, 0.2) is 60.9 Å². The lowest BCUT2D eigenvalue weighted by atomic mass is 10.0. The number of carboxylic acid groups (broad SMARTS) is 1. The maximum atomic E-state index is 13.2. The summed E-state index contributed by atoms with van der Waals surface area (Å²) in [6.07, 6.45) is 39.4. The van der Waals surface area contributed by atoms with Crippen molar-refractivity contribution in [2.24, 2.45) is 5.73 Å². The summed E-state index contributed by atoms with van der Waals surface area (Å²) in [6.45, 7) is 4.31. The monoisotopic (exact) mass is 902 g/mol. The van der Waals surface area contributed by atoms with E-state index in [1.165, 1.54) is 95.2 Å². The third-order valence-corrected chi connectivity index (χ3v) is 12.0. The zero-order valence-electron chi connectivity index (χ0n) is 38.5. The van der Waals surface area contributed by atoms with Gasteiger partial charge in [0, 0.05) is 17.4 Å². The number of esters is 1. The predicted molar refractivity (Wildman–Crippen MR) is 252 cm³/mol. The number of carboxylic acids is 1. The number of thioether (sulfide) groups is 1. The number of aliphatic carboxylic acids is 1. The molecule has 0 radical (unpaired) electrons. The Kier molecular flexibility index (Phi) is 37.9. The Morgan fingerprint density at radius 1 is 0.754 bits per heavy atom. The Hall–Kier alpha value is -2.22. The van der Waals surface area contributed by atoms with Crippen molar-refractivity contribution in [3.63, 3.8) is 0 Å². The summed E-state index contributed by atoms with van der Waals surface area (Å²) in [7, 11) is 1.33. The van der Waals surface area contributed by atoms with Gasteiger partial charge >= 0.3 is 19.8 Å². The number of nitrogens with two attached hydrogens (primary N) is 1. The molecule has 0 saturated heterocycles. The van der Waals surface area contributed by atoms with E-state index in [0.717, 1.165) is 32.1 Å². The fraction of sp³-hybridized carbons (Fsp3) is 0.745. The van der Waals surface area contributed by atoms with Gasteiger partial charge in [0.2, 0.25) is 0 Å². The largest absolute Gasteiger partial charge is 0.498 e. The number of allylic oxidation sites excluding steroid dienone is 8. The van der Waals surface area contributed by atoms with Crippen LogP contribution in [0.1, 0.15) is 149 Å². The summed E-state index contributed by atoms with van der Waals surface area (Å²) in [6, 6.07) is -1.11. The predicted octanol–water partition coefficient (Wildman–Crippen LogP) is 10.6. The van der Waals surface area contributed by atoms with E-state index in [0.29, 0.717) is 17.4 Å². The number of ether oxygens (including phenoxy) is 2. The maximum absolute atomic E-state index is 13.2. The fourth-order valence-corrected chi connectivity index (χ4v) is 7.75. The van der Waals surface area contributed by atoms with Crippen molar-refractivity contribution in [1.82, 2.24) is 0 Å². The van der Waals surface area contributed by atoms with Crippen molar-refractivity contribution < 1.29 is 52.3 Å². The highest BCUT2D eigenvalue weighted by molar-refractivity contribution is 8.00. The topological polar surface area (TPSA) is 175 Å². The van der Waals surface area contributed by atoms with Crippen molar-refractivity contribution in [3.05, 3.63) is 60.9 Å². The Morgan fingerprint density at radius 3 is 1.98 bits per heavy atom. The normalized spacial score (nSPS) is 15.6. The molecule has 0 spiro atoms. The molecular formula is C47H86N2O10PS+. The minimum Gasteiger partial charge on any atom is -0.498 e. The number of rotatable bonds is 42. The van der Waals surface area contributed by atoms with Gasteiger partial charge in [-0.2, -0.15) is 0 Å². The van der Waals surface area contributed by atoms with Gasteiger partial charge in [-0.05, 0) is 51.0 Å². The Balaban J connectivity index is 5.25. The van der Waals surface area contributed by atoms with E-state index in [4.69, 9.17) is 29.4 Å². The van der Waals surface area contributed by atoms with Gasteiger partial charge in [0.05, 0.1) is 40.1 Å². The van der Waals surface area contributed by atoms with Crippen molar-refractivity contribution in [3.8, 4) is 0 Å². The highest BCUT2D eigenvalue weighted by Crippen LogP contribution is 2.43. The summed E-state index contributed by atoms with van der Waals surface area (Å²) < 4.78 is 34.8. The minimum absolute atomic E-state index is 0.0106. The van der Waals surface area contributed by atoms with Crippen molar-refractivity contribution in [2.45, 2.75) is 172 Å². The number of carbonyl (C=O) groups excluding carboxylic acids is 1. The second-order valence-corrected chi connectivity index (χ2v) is 19.4. The molecule has 0 fully saturated rings. The number of phosphoric ester groups is 1. The molecule has 0 aromatic rings. The summed E-state index contributed by atoms with van der Waals surface area (Å²) in [4.78, 5) is 34.6. The first-order valence-electron chi connectivity index (χ1n) is 23.0. The Morgan fingerprint density at radius 2 is 1.34 bits per heavy atom. The molecular weight excluding hydrogens is 816 g/mol. The number of hydrogen-bond donors (Lipinski definition) is 4. The summed E-state index contributed by atoms with van der Waals surface area (Å²) >= 11 is 1.25. The molecule has 0 amide bonds. The second-order valence-electron chi connectivity index (χ2n) is 16.7. The molecule has 0 aliphatic heterocycles. The molecule has 61 heavy (non-hydrogen) atoms. The first-order valence-corrected chi connectivity index (χ1v) is 25.6. The number of nitrogens with zero attached hydrogens (tertiary/aromatic N) is 1. The number of phosphoric acid groups is 1. The van der Waals surface area contributed by atoms with Crippen LogP contribution in [0.3, 0.4) is 0 Å². The van der Waals surface area contributed by atoms with E-state index >= 15 is 0 Å². The quantitative estimate of drug-likeness (QED) is 0.00869. The fourth-order valence-electron chi connectivity index (χ4n) is 5.88. The number of likely N-dealkylation sites (N-methyl/N-ethyl adjacent to an activating group) is 1. The lowest BCUT2D eigenvalue weighted by molar-refractivity contribution is -0.870. The third kappa shape index (κ3) is 40.3. The summed E-state index contributed by atoms with van der Waals surface area (Å²) in [5.41, 5.74) is 6.27. The van der Waals surface area contributed by atoms with Crippen LogP contribution < -0.4 is 5.73 Å². The van der Waals surface area contributed by atoms with Crippen LogP contribution in [0.25, 0.3) is 0 Å². The van der Waals surface area contributed by atoms with Crippen molar-refractivity contribution in [1.29, 1.82) is 0 Å². The van der Waals surface area contributed by atoms with Crippen molar-refractivity contribution >= 4 is 31.5 Å². The average molecular weight is 902 g/mol. The molecule has 0 rings (SSSR count). The van der Waals surface area contributed by atoms with E-state index < -0.39 is 49.9 Å². The molecule has 1 unspecified atom stereocenters. The van der Waals surface area contributed by atoms with Crippen LogP contribution in [0.5, 0.6) is 0 Å². The minimum atomic E-state index is -4.45. The van der Waals surface area contributed by atoms with Gasteiger partial charge in [0.15, 0.2) is 6.10 Å². The van der Waals surface area contributed by atoms with Gasteiger partial charge in [0.1, 0.15) is 25.8 Å². The summed E-state index contributed by atoms with van der Waals surface area (Å²) in [5, 5.41) is 19.5. The molecule has 0 aromatic heterocycles. The van der Waals surface area contributed by atoms with E-state index in [1.807, 2.05) is 45.4 Å².